The highest BCUT2D eigenvalue weighted by Crippen LogP contribution is 2.46. The second kappa shape index (κ2) is 10.3. The van der Waals surface area contributed by atoms with Crippen molar-refractivity contribution in [1.29, 1.82) is 0 Å². The third-order valence-corrected chi connectivity index (χ3v) is 8.66. The molecule has 9 nitrogen and oxygen atoms in total. The fourth-order valence-corrected chi connectivity index (χ4v) is 6.70. The topological polar surface area (TPSA) is 84.9 Å². The molecule has 3 aromatic heterocycles. The van der Waals surface area contributed by atoms with E-state index >= 15 is 0 Å². The average molecular weight is 588 g/mol. The lowest BCUT2D eigenvalue weighted by Crippen LogP contribution is -2.39. The van der Waals surface area contributed by atoms with E-state index in [1.807, 2.05) is 90.5 Å². The lowest BCUT2D eigenvalue weighted by atomic mass is 9.80. The molecule has 2 aliphatic heterocycles. The number of imidazole rings is 2. The monoisotopic (exact) mass is 587 g/mol. The molecule has 2 fully saturated rings. The van der Waals surface area contributed by atoms with Gasteiger partial charge in [-0.25, -0.2) is 15.0 Å². The number of aromatic nitrogens is 5. The quantitative estimate of drug-likeness (QED) is 0.218. The van der Waals surface area contributed by atoms with Crippen molar-refractivity contribution in [2.75, 3.05) is 6.61 Å². The molecule has 5 heterocycles. The number of fused-ring (bicyclic) bond motifs is 4. The Morgan fingerprint density at radius 2 is 1.34 bits per heavy atom. The summed E-state index contributed by atoms with van der Waals surface area (Å²) < 4.78 is 30.7. The minimum atomic E-state index is -0.886. The van der Waals surface area contributed by atoms with Crippen molar-refractivity contribution in [3.63, 3.8) is 0 Å². The van der Waals surface area contributed by atoms with Gasteiger partial charge in [-0.1, -0.05) is 91.0 Å². The van der Waals surface area contributed by atoms with Gasteiger partial charge in [0, 0.05) is 11.9 Å². The van der Waals surface area contributed by atoms with Crippen LogP contribution >= 0.6 is 0 Å². The van der Waals surface area contributed by atoms with Crippen LogP contribution in [0.1, 0.15) is 42.5 Å². The van der Waals surface area contributed by atoms with Gasteiger partial charge in [0.15, 0.2) is 28.8 Å². The van der Waals surface area contributed by atoms with Gasteiger partial charge in [-0.2, -0.15) is 0 Å². The molecular weight excluding hydrogens is 554 g/mol. The van der Waals surface area contributed by atoms with Gasteiger partial charge in [0.05, 0.1) is 12.9 Å². The van der Waals surface area contributed by atoms with E-state index in [1.54, 1.807) is 12.7 Å². The Labute approximate surface area is 255 Å². The molecule has 0 bridgehead atoms. The van der Waals surface area contributed by atoms with Crippen molar-refractivity contribution >= 4 is 16.8 Å². The van der Waals surface area contributed by atoms with Crippen LogP contribution in [0.3, 0.4) is 0 Å². The first kappa shape index (κ1) is 27.2. The summed E-state index contributed by atoms with van der Waals surface area (Å²) >= 11 is 0. The number of benzene rings is 3. The minimum absolute atomic E-state index is 0.250. The molecule has 2 aliphatic rings. The highest BCUT2D eigenvalue weighted by molar-refractivity contribution is 5.85. The number of hydrogen-bond donors (Lipinski definition) is 0. The SMILES string of the molecule is Cc1cnc2c3ncn([C@H]4O[C@@H](COC(c5ccccc5)(c5ccccc5)c5ccccc5)[C@@H]5OC(C)(C)O[C@@H]54)c3ncn12. The molecule has 0 spiro atoms. The Balaban J connectivity index is 1.19. The van der Waals surface area contributed by atoms with Gasteiger partial charge >= 0.3 is 0 Å². The van der Waals surface area contributed by atoms with Crippen LogP contribution in [0.25, 0.3) is 16.8 Å². The van der Waals surface area contributed by atoms with E-state index in [9.17, 15) is 0 Å². The standard InChI is InChI=1S/C35H33N5O4/c1-23-19-36-31-28-32(38-22-39(23)31)40(21-37-28)33-30-29(43-34(2,3)44-30)27(42-33)20-41-35(24-13-7-4-8-14-24,25-15-9-5-10-16-25)26-17-11-6-12-18-26/h4-19,21-22,27,29-30,33H,20H2,1-3H3/t27-,29-,30-,33-/m0/s1. The lowest BCUT2D eigenvalue weighted by molar-refractivity contribution is -0.204. The smallest absolute Gasteiger partial charge is 0.168 e. The molecular formula is C35H33N5O4. The maximum absolute atomic E-state index is 7.15. The number of aryl methyl sites for hydroxylation is 1. The molecule has 0 amide bonds. The predicted octanol–water partition coefficient (Wildman–Crippen LogP) is 5.81. The van der Waals surface area contributed by atoms with Gasteiger partial charge in [0.2, 0.25) is 0 Å². The second-order valence-electron chi connectivity index (χ2n) is 11.9. The van der Waals surface area contributed by atoms with Crippen molar-refractivity contribution in [3.05, 3.63) is 132 Å². The zero-order valence-electron chi connectivity index (χ0n) is 24.8. The molecule has 0 unspecified atom stereocenters. The maximum atomic E-state index is 7.15. The first-order chi connectivity index (χ1) is 21.4. The fraction of sp³-hybridized carbons (Fsp3) is 0.286. The summed E-state index contributed by atoms with van der Waals surface area (Å²) in [5, 5.41) is 0. The Morgan fingerprint density at radius 1 is 0.750 bits per heavy atom. The van der Waals surface area contributed by atoms with Gasteiger partial charge in [-0.15, -0.1) is 0 Å². The molecule has 0 radical (unpaired) electrons. The van der Waals surface area contributed by atoms with Gasteiger partial charge in [-0.05, 0) is 37.5 Å². The predicted molar refractivity (Wildman–Crippen MR) is 164 cm³/mol. The van der Waals surface area contributed by atoms with E-state index in [4.69, 9.17) is 28.9 Å². The Hall–Kier alpha value is -4.41. The third kappa shape index (κ3) is 4.27. The van der Waals surface area contributed by atoms with E-state index < -0.39 is 29.8 Å². The van der Waals surface area contributed by atoms with Crippen LogP contribution in [0, 0.1) is 6.92 Å². The summed E-state index contributed by atoms with van der Waals surface area (Å²) in [7, 11) is 0. The summed E-state index contributed by atoms with van der Waals surface area (Å²) in [5.74, 6) is -0.789. The van der Waals surface area contributed by atoms with Crippen molar-refractivity contribution in [1.82, 2.24) is 23.9 Å². The second-order valence-corrected chi connectivity index (χ2v) is 11.9. The number of hydrogen-bond acceptors (Lipinski definition) is 7. The average Bonchev–Trinajstić information content (AvgIpc) is 3.81. The number of ether oxygens (including phenoxy) is 4. The molecule has 3 aromatic carbocycles. The summed E-state index contributed by atoms with van der Waals surface area (Å²) in [6, 6.07) is 31.0. The zero-order chi connectivity index (χ0) is 29.9. The first-order valence-electron chi connectivity index (χ1n) is 14.9. The van der Waals surface area contributed by atoms with Crippen LogP contribution in [-0.2, 0) is 24.5 Å². The molecule has 4 atom stereocenters. The van der Waals surface area contributed by atoms with Crippen molar-refractivity contribution in [2.45, 2.75) is 56.7 Å². The van der Waals surface area contributed by atoms with Crippen molar-refractivity contribution in [2.24, 2.45) is 0 Å². The van der Waals surface area contributed by atoms with Crippen LogP contribution in [0.4, 0.5) is 0 Å². The number of nitrogens with zero attached hydrogens (tertiary/aromatic N) is 5. The van der Waals surface area contributed by atoms with E-state index in [0.29, 0.717) is 11.2 Å². The van der Waals surface area contributed by atoms with E-state index in [2.05, 4.69) is 41.4 Å². The maximum Gasteiger partial charge on any atom is 0.168 e. The Kier molecular flexibility index (Phi) is 6.39. The molecule has 9 heteroatoms. The van der Waals surface area contributed by atoms with Crippen LogP contribution in [0.2, 0.25) is 0 Å². The minimum Gasteiger partial charge on any atom is -0.358 e. The molecule has 222 valence electrons. The molecule has 6 aromatic rings. The molecule has 44 heavy (non-hydrogen) atoms. The molecule has 2 saturated heterocycles. The zero-order valence-corrected chi connectivity index (χ0v) is 24.8. The van der Waals surface area contributed by atoms with Crippen LogP contribution in [-0.4, -0.2) is 54.6 Å². The third-order valence-electron chi connectivity index (χ3n) is 8.66. The van der Waals surface area contributed by atoms with E-state index in [1.165, 1.54) is 0 Å². The Bertz CT molecular complexity index is 1830. The summed E-state index contributed by atoms with van der Waals surface area (Å²) in [6.45, 7) is 6.11. The molecule has 0 N–H and O–H groups in total. The highest BCUT2D eigenvalue weighted by Gasteiger charge is 2.57. The fourth-order valence-electron chi connectivity index (χ4n) is 6.70. The van der Waals surface area contributed by atoms with Crippen LogP contribution in [0.5, 0.6) is 0 Å². The normalized spacial score (nSPS) is 23.0. The van der Waals surface area contributed by atoms with E-state index in [0.717, 1.165) is 28.0 Å². The van der Waals surface area contributed by atoms with Crippen LogP contribution < -0.4 is 0 Å². The molecule has 0 saturated carbocycles. The first-order valence-corrected chi connectivity index (χ1v) is 14.9. The Morgan fingerprint density at radius 3 is 1.95 bits per heavy atom. The largest absolute Gasteiger partial charge is 0.358 e. The van der Waals surface area contributed by atoms with Crippen molar-refractivity contribution < 1.29 is 18.9 Å². The van der Waals surface area contributed by atoms with Crippen LogP contribution in [0.15, 0.2) is 110 Å². The lowest BCUT2D eigenvalue weighted by Gasteiger charge is -2.37. The highest BCUT2D eigenvalue weighted by atomic mass is 16.8. The molecule has 0 aliphatic carbocycles. The van der Waals surface area contributed by atoms with Gasteiger partial charge in [-0.3, -0.25) is 8.97 Å². The van der Waals surface area contributed by atoms with Crippen molar-refractivity contribution in [3.8, 4) is 0 Å². The molecule has 8 rings (SSSR count). The summed E-state index contributed by atoms with van der Waals surface area (Å²) in [4.78, 5) is 14.0. The summed E-state index contributed by atoms with van der Waals surface area (Å²) in [5.41, 5.74) is 5.31. The van der Waals surface area contributed by atoms with Gasteiger partial charge < -0.3 is 18.9 Å². The summed E-state index contributed by atoms with van der Waals surface area (Å²) in [6.07, 6.45) is 3.63. The van der Waals surface area contributed by atoms with Gasteiger partial charge in [0.25, 0.3) is 0 Å². The van der Waals surface area contributed by atoms with E-state index in [-0.39, 0.29) is 12.7 Å². The number of rotatable bonds is 7. The van der Waals surface area contributed by atoms with Gasteiger partial charge in [0.1, 0.15) is 30.2 Å².